The first-order chi connectivity index (χ1) is 13.8. The van der Waals surface area contributed by atoms with Crippen molar-refractivity contribution in [2.24, 2.45) is 0 Å². The summed E-state index contributed by atoms with van der Waals surface area (Å²) in [7, 11) is 2.10. The minimum atomic E-state index is -4.75. The molecule has 3 aromatic rings. The minimum absolute atomic E-state index is 0.160. The molecule has 0 aliphatic carbocycles. The van der Waals surface area contributed by atoms with Crippen LogP contribution in [0, 0.1) is 5.82 Å². The molecule has 8 heteroatoms. The van der Waals surface area contributed by atoms with Crippen molar-refractivity contribution in [1.29, 1.82) is 0 Å². The van der Waals surface area contributed by atoms with E-state index in [1.54, 1.807) is 6.07 Å². The number of likely N-dealkylation sites (N-methyl/N-ethyl adjacent to an activating group) is 1. The second kappa shape index (κ2) is 7.51. The normalized spacial score (nSPS) is 15.7. The lowest BCUT2D eigenvalue weighted by Gasteiger charge is -2.34. The van der Waals surface area contributed by atoms with Crippen LogP contribution < -0.4 is 4.90 Å². The number of alkyl halides is 3. The van der Waals surface area contributed by atoms with Gasteiger partial charge in [-0.15, -0.1) is 0 Å². The quantitative estimate of drug-likeness (QED) is 0.646. The number of nitrogens with zero attached hydrogens (tertiary/aromatic N) is 3. The molecule has 0 bridgehead atoms. The fraction of sp³-hybridized carbons (Fsp3) is 0.286. The number of halogens is 4. The number of aromatic nitrogens is 2. The zero-order valence-corrected chi connectivity index (χ0v) is 15.8. The molecule has 0 spiro atoms. The number of H-pyrrole nitrogens is 1. The summed E-state index contributed by atoms with van der Waals surface area (Å²) in [5, 5.41) is 6.80. The van der Waals surface area contributed by atoms with Crippen LogP contribution in [0.25, 0.3) is 22.5 Å². The zero-order valence-electron chi connectivity index (χ0n) is 15.8. The molecule has 1 aromatic heterocycles. The molecular formula is C21H20F4N4. The number of hydrogen-bond acceptors (Lipinski definition) is 3. The maximum absolute atomic E-state index is 14.4. The summed E-state index contributed by atoms with van der Waals surface area (Å²) < 4.78 is 53.2. The second-order valence-corrected chi connectivity index (χ2v) is 7.17. The van der Waals surface area contributed by atoms with Gasteiger partial charge in [-0.3, -0.25) is 5.10 Å². The van der Waals surface area contributed by atoms with E-state index in [-0.39, 0.29) is 11.3 Å². The maximum Gasteiger partial charge on any atom is 0.419 e. The molecular weight excluding hydrogens is 384 g/mol. The first kappa shape index (κ1) is 19.4. The van der Waals surface area contributed by atoms with Crippen molar-refractivity contribution >= 4 is 5.69 Å². The highest BCUT2D eigenvalue weighted by atomic mass is 19.4. The van der Waals surface area contributed by atoms with Crippen molar-refractivity contribution in [3.8, 4) is 22.5 Å². The summed E-state index contributed by atoms with van der Waals surface area (Å²) in [6.07, 6.45) is -4.75. The Morgan fingerprint density at radius 2 is 1.66 bits per heavy atom. The molecule has 0 saturated carbocycles. The Hall–Kier alpha value is -2.87. The zero-order chi connectivity index (χ0) is 20.6. The van der Waals surface area contributed by atoms with Gasteiger partial charge in [-0.25, -0.2) is 4.39 Å². The third-order valence-electron chi connectivity index (χ3n) is 5.20. The Balaban J connectivity index is 1.57. The summed E-state index contributed by atoms with van der Waals surface area (Å²) >= 11 is 0. The third kappa shape index (κ3) is 3.98. The predicted molar refractivity (Wildman–Crippen MR) is 104 cm³/mol. The highest BCUT2D eigenvalue weighted by Crippen LogP contribution is 2.35. The number of rotatable bonds is 3. The van der Waals surface area contributed by atoms with E-state index in [1.165, 1.54) is 12.1 Å². The molecule has 1 aliphatic rings. The number of nitrogens with one attached hydrogen (secondary N) is 1. The van der Waals surface area contributed by atoms with Gasteiger partial charge in [0.15, 0.2) is 0 Å². The molecule has 1 saturated heterocycles. The Morgan fingerprint density at radius 1 is 0.966 bits per heavy atom. The molecule has 0 amide bonds. The molecule has 0 unspecified atom stereocenters. The highest BCUT2D eigenvalue weighted by Gasteiger charge is 2.35. The van der Waals surface area contributed by atoms with Crippen molar-refractivity contribution in [2.45, 2.75) is 6.18 Å². The van der Waals surface area contributed by atoms with E-state index in [1.807, 2.05) is 24.3 Å². The lowest BCUT2D eigenvalue weighted by Crippen LogP contribution is -2.44. The molecule has 1 N–H and O–H groups in total. The molecule has 29 heavy (non-hydrogen) atoms. The van der Waals surface area contributed by atoms with Crippen molar-refractivity contribution in [3.05, 3.63) is 59.9 Å². The number of anilines is 1. The van der Waals surface area contributed by atoms with E-state index in [0.717, 1.165) is 43.5 Å². The van der Waals surface area contributed by atoms with Gasteiger partial charge in [0, 0.05) is 43.0 Å². The fourth-order valence-electron chi connectivity index (χ4n) is 3.47. The second-order valence-electron chi connectivity index (χ2n) is 7.17. The molecule has 152 valence electrons. The van der Waals surface area contributed by atoms with Crippen molar-refractivity contribution in [1.82, 2.24) is 15.1 Å². The van der Waals surface area contributed by atoms with E-state index >= 15 is 0 Å². The lowest BCUT2D eigenvalue weighted by atomic mass is 10.0. The first-order valence-electron chi connectivity index (χ1n) is 9.28. The van der Waals surface area contributed by atoms with Gasteiger partial charge in [0.05, 0.1) is 17.0 Å². The predicted octanol–water partition coefficient (Wildman–Crippen LogP) is 4.65. The molecule has 2 aromatic carbocycles. The van der Waals surface area contributed by atoms with Gasteiger partial charge in [-0.2, -0.15) is 18.3 Å². The van der Waals surface area contributed by atoms with Crippen LogP contribution in [0.4, 0.5) is 23.2 Å². The standard InChI is InChI=1S/C21H20F4N4/c1-28-9-11-29(12-10-28)15-7-5-14(6-8-15)18-13-19(27-26-18)16-3-2-4-17(20(16)22)21(23,24)25/h2-8,13H,9-12H2,1H3,(H,26,27). The summed E-state index contributed by atoms with van der Waals surface area (Å²) in [5.74, 6) is -1.30. The van der Waals surface area contributed by atoms with Gasteiger partial charge in [-0.1, -0.05) is 18.2 Å². The lowest BCUT2D eigenvalue weighted by molar-refractivity contribution is -0.139. The largest absolute Gasteiger partial charge is 0.419 e. The van der Waals surface area contributed by atoms with E-state index in [2.05, 4.69) is 27.0 Å². The fourth-order valence-corrected chi connectivity index (χ4v) is 3.47. The van der Waals surface area contributed by atoms with Gasteiger partial charge >= 0.3 is 6.18 Å². The van der Waals surface area contributed by atoms with Gasteiger partial charge in [-0.05, 0) is 37.4 Å². The van der Waals surface area contributed by atoms with Crippen LogP contribution >= 0.6 is 0 Å². The Labute approximate surface area is 165 Å². The third-order valence-corrected chi connectivity index (χ3v) is 5.20. The van der Waals surface area contributed by atoms with E-state index in [0.29, 0.717) is 5.69 Å². The average Bonchev–Trinajstić information content (AvgIpc) is 3.18. The smallest absolute Gasteiger partial charge is 0.369 e. The van der Waals surface area contributed by atoms with Gasteiger partial charge < -0.3 is 9.80 Å². The molecule has 0 atom stereocenters. The molecule has 4 rings (SSSR count). The van der Waals surface area contributed by atoms with E-state index in [4.69, 9.17) is 0 Å². The summed E-state index contributed by atoms with van der Waals surface area (Å²) in [6, 6.07) is 12.6. The van der Waals surface area contributed by atoms with Crippen molar-refractivity contribution < 1.29 is 17.6 Å². The van der Waals surface area contributed by atoms with Gasteiger partial charge in [0.1, 0.15) is 5.82 Å². The monoisotopic (exact) mass is 404 g/mol. The average molecular weight is 404 g/mol. The molecule has 1 aliphatic heterocycles. The van der Waals surface area contributed by atoms with Crippen LogP contribution in [0.5, 0.6) is 0 Å². The van der Waals surface area contributed by atoms with Crippen molar-refractivity contribution in [3.63, 3.8) is 0 Å². The van der Waals surface area contributed by atoms with Gasteiger partial charge in [0.25, 0.3) is 0 Å². The molecule has 0 radical (unpaired) electrons. The van der Waals surface area contributed by atoms with Crippen molar-refractivity contribution in [2.75, 3.05) is 38.1 Å². The maximum atomic E-state index is 14.4. The molecule has 2 heterocycles. The Kier molecular flexibility index (Phi) is 5.04. The van der Waals surface area contributed by atoms with Crippen LogP contribution in [0.2, 0.25) is 0 Å². The van der Waals surface area contributed by atoms with Crippen LogP contribution in [0.3, 0.4) is 0 Å². The van der Waals surface area contributed by atoms with E-state index < -0.39 is 17.6 Å². The van der Waals surface area contributed by atoms with Gasteiger partial charge in [0.2, 0.25) is 0 Å². The topological polar surface area (TPSA) is 35.2 Å². The molecule has 1 fully saturated rings. The number of benzene rings is 2. The number of hydrogen-bond donors (Lipinski definition) is 1. The van der Waals surface area contributed by atoms with Crippen LogP contribution in [0.15, 0.2) is 48.5 Å². The van der Waals surface area contributed by atoms with Crippen LogP contribution in [0.1, 0.15) is 5.56 Å². The number of aromatic amines is 1. The highest BCUT2D eigenvalue weighted by molar-refractivity contribution is 5.70. The number of piperazine rings is 1. The minimum Gasteiger partial charge on any atom is -0.369 e. The Morgan fingerprint density at radius 3 is 2.31 bits per heavy atom. The Bertz CT molecular complexity index is 987. The SMILES string of the molecule is CN1CCN(c2ccc(-c3cc(-c4cccc(C(F)(F)F)c4F)[nH]n3)cc2)CC1. The van der Waals surface area contributed by atoms with Crippen LogP contribution in [-0.2, 0) is 6.18 Å². The summed E-state index contributed by atoms with van der Waals surface area (Å²) in [6.45, 7) is 3.93. The van der Waals surface area contributed by atoms with Crippen LogP contribution in [-0.4, -0.2) is 48.3 Å². The summed E-state index contributed by atoms with van der Waals surface area (Å²) in [5.41, 5.74) is 1.21. The summed E-state index contributed by atoms with van der Waals surface area (Å²) in [4.78, 5) is 4.58. The molecule has 4 nitrogen and oxygen atoms in total. The first-order valence-corrected chi connectivity index (χ1v) is 9.28. The van der Waals surface area contributed by atoms with E-state index in [9.17, 15) is 17.6 Å².